The minimum absolute atomic E-state index is 0.0285. The van der Waals surface area contributed by atoms with Crippen LogP contribution in [0.5, 0.6) is 0 Å². The Morgan fingerprint density at radius 2 is 0.322 bits per heavy atom. The summed E-state index contributed by atoms with van der Waals surface area (Å²) in [6.07, 6.45) is -2.38. The Morgan fingerprint density at radius 1 is 0.218 bits per heavy atom. The summed E-state index contributed by atoms with van der Waals surface area (Å²) >= 11 is 0. The highest BCUT2D eigenvalue weighted by Gasteiger charge is 2.20. The maximum absolute atomic E-state index is 11.7. The highest BCUT2D eigenvalue weighted by Crippen LogP contribution is 2.11. The molecule has 0 aliphatic heterocycles. The molecule has 0 bridgehead atoms. The van der Waals surface area contributed by atoms with Crippen LogP contribution in [0, 0.1) is 0 Å². The molecule has 0 saturated carbocycles. The zero-order valence-electron chi connectivity index (χ0n) is 58.4. The average Bonchev–Trinajstić information content (AvgIpc) is 3.49. The van der Waals surface area contributed by atoms with Crippen molar-refractivity contribution in [3.05, 3.63) is 12.2 Å². The first-order valence-corrected chi connectivity index (χ1v) is 32.1. The molecular formula is C65H128O22. The first kappa shape index (κ1) is 85.4. The summed E-state index contributed by atoms with van der Waals surface area (Å²) in [4.78, 5) is 11.7. The van der Waals surface area contributed by atoms with E-state index < -0.39 is 5.97 Å². The molecule has 0 aromatic heterocycles. The zero-order chi connectivity index (χ0) is 65.7. The van der Waals surface area contributed by atoms with Crippen molar-refractivity contribution < 1.29 is 104 Å². The summed E-state index contributed by atoms with van der Waals surface area (Å²) in [5.41, 5.74) is 0.356. The van der Waals surface area contributed by atoms with E-state index in [9.17, 15) is 4.79 Å². The molecule has 20 unspecified atom stereocenters. The molecule has 0 aromatic rings. The van der Waals surface area contributed by atoms with Gasteiger partial charge in [-0.05, 0) is 145 Å². The second-order valence-corrected chi connectivity index (χ2v) is 24.2. The van der Waals surface area contributed by atoms with Gasteiger partial charge in [-0.1, -0.05) is 6.58 Å². The van der Waals surface area contributed by atoms with Gasteiger partial charge < -0.3 is 99.5 Å². The number of rotatable bonds is 61. The molecule has 0 radical (unpaired) electrons. The Balaban J connectivity index is 4.05. The lowest BCUT2D eigenvalue weighted by atomic mass is 10.3. The summed E-state index contributed by atoms with van der Waals surface area (Å²) < 4.78 is 123. The van der Waals surface area contributed by atoms with E-state index >= 15 is 0 Å². The fourth-order valence-electron chi connectivity index (χ4n) is 7.16. The molecule has 20 atom stereocenters. The van der Waals surface area contributed by atoms with Crippen LogP contribution in [0.2, 0.25) is 0 Å². The van der Waals surface area contributed by atoms with Gasteiger partial charge in [0.1, 0.15) is 6.10 Å². The third-order valence-corrected chi connectivity index (χ3v) is 12.8. The lowest BCUT2D eigenvalue weighted by Crippen LogP contribution is -2.31. The third-order valence-electron chi connectivity index (χ3n) is 12.8. The second kappa shape index (κ2) is 52.9. The van der Waals surface area contributed by atoms with Crippen LogP contribution in [0.25, 0.3) is 0 Å². The van der Waals surface area contributed by atoms with Gasteiger partial charge in [-0.15, -0.1) is 0 Å². The number of carbonyl (C=O) groups excluding carboxylic acids is 1. The van der Waals surface area contributed by atoms with Gasteiger partial charge in [0.15, 0.2) is 0 Å². The second-order valence-electron chi connectivity index (χ2n) is 24.2. The normalized spacial score (nSPS) is 19.2. The van der Waals surface area contributed by atoms with Crippen molar-refractivity contribution in [1.29, 1.82) is 0 Å². The molecule has 87 heavy (non-hydrogen) atoms. The number of hydrogen-bond donors (Lipinski definition) is 0. The lowest BCUT2D eigenvalue weighted by Gasteiger charge is -2.24. The van der Waals surface area contributed by atoms with Crippen LogP contribution in [0.15, 0.2) is 12.2 Å². The molecule has 0 aromatic carbocycles. The van der Waals surface area contributed by atoms with Gasteiger partial charge in [-0.25, -0.2) is 4.79 Å². The van der Waals surface area contributed by atoms with Crippen molar-refractivity contribution in [3.8, 4) is 0 Å². The van der Waals surface area contributed by atoms with Gasteiger partial charge in [0.25, 0.3) is 0 Å². The van der Waals surface area contributed by atoms with Gasteiger partial charge in [0.2, 0.25) is 0 Å². The Hall–Kier alpha value is -1.59. The summed E-state index contributed by atoms with van der Waals surface area (Å²) in [5.74, 6) is -0.427. The van der Waals surface area contributed by atoms with E-state index in [4.69, 9.17) is 99.5 Å². The van der Waals surface area contributed by atoms with E-state index in [1.54, 1.807) is 21.0 Å². The van der Waals surface area contributed by atoms with E-state index in [2.05, 4.69) is 6.58 Å². The molecule has 520 valence electrons. The van der Waals surface area contributed by atoms with Crippen LogP contribution in [-0.4, -0.2) is 267 Å². The predicted molar refractivity (Wildman–Crippen MR) is 335 cm³/mol. The van der Waals surface area contributed by atoms with Crippen LogP contribution < -0.4 is 0 Å². The maximum atomic E-state index is 11.7. The lowest BCUT2D eigenvalue weighted by molar-refractivity contribution is -0.148. The summed E-state index contributed by atoms with van der Waals surface area (Å²) in [5, 5.41) is 0. The molecule has 0 rings (SSSR count). The molecule has 0 amide bonds. The minimum Gasteiger partial charge on any atom is -0.457 e. The Kier molecular flexibility index (Phi) is 51.9. The van der Waals surface area contributed by atoms with Crippen LogP contribution in [0.4, 0.5) is 0 Å². The Morgan fingerprint density at radius 3 is 0.425 bits per heavy atom. The SMILES string of the molecule is C=C(C)C(=O)OC(C)COC(C)COC(C)COC(C)COC(C)COC(C)COC(C)COC(C)COC(C)COC(C)COC(C)COC(C)COC(C)COC(C)COC(C)COC(C)COC(C)COC(C)COC(C)COC(C)COC. The molecule has 0 heterocycles. The monoisotopic (exact) mass is 1260 g/mol. The van der Waals surface area contributed by atoms with E-state index in [1.165, 1.54) is 0 Å². The van der Waals surface area contributed by atoms with Gasteiger partial charge in [-0.2, -0.15) is 0 Å². The molecular weight excluding hydrogens is 1130 g/mol. The molecule has 22 heteroatoms. The van der Waals surface area contributed by atoms with Crippen LogP contribution >= 0.6 is 0 Å². The Labute approximate surface area is 527 Å². The fourth-order valence-corrected chi connectivity index (χ4v) is 7.16. The number of hydrogen-bond acceptors (Lipinski definition) is 22. The number of ether oxygens (including phenoxy) is 21. The van der Waals surface area contributed by atoms with Gasteiger partial charge >= 0.3 is 5.97 Å². The quantitative estimate of drug-likeness (QED) is 0.0411. The molecule has 0 aliphatic carbocycles. The van der Waals surface area contributed by atoms with Gasteiger partial charge in [0, 0.05) is 12.7 Å². The average molecular weight is 1260 g/mol. The molecule has 0 fully saturated rings. The predicted octanol–water partition coefficient (Wildman–Crippen LogP) is 8.84. The number of esters is 1. The highest BCUT2D eigenvalue weighted by molar-refractivity contribution is 5.87. The van der Waals surface area contributed by atoms with E-state index in [0.29, 0.717) is 131 Å². The maximum Gasteiger partial charge on any atom is 0.333 e. The largest absolute Gasteiger partial charge is 0.457 e. The minimum atomic E-state index is -0.427. The molecule has 0 N–H and O–H groups in total. The van der Waals surface area contributed by atoms with Crippen LogP contribution in [0.3, 0.4) is 0 Å². The van der Waals surface area contributed by atoms with Gasteiger partial charge in [-0.3, -0.25) is 0 Å². The highest BCUT2D eigenvalue weighted by atomic mass is 16.6. The summed E-state index contributed by atoms with van der Waals surface area (Å²) in [7, 11) is 1.66. The first-order valence-electron chi connectivity index (χ1n) is 32.1. The van der Waals surface area contributed by atoms with E-state index in [0.717, 1.165) is 0 Å². The topological polar surface area (TPSA) is 211 Å². The first-order chi connectivity index (χ1) is 41.1. The van der Waals surface area contributed by atoms with Crippen LogP contribution in [0.1, 0.15) is 145 Å². The standard InChI is InChI=1S/C65H128O22/c1-44(2)65(66)87-64(22)43-86-63(21)42-85-62(20)41-84-61(19)40-83-60(18)39-82-59(17)38-81-58(16)37-80-57(15)36-79-56(14)35-78-55(13)34-77-54(12)33-76-53(11)32-75-52(10)31-74-51(9)30-73-50(8)29-72-49(7)28-71-48(6)27-70-47(5)26-69-46(4)25-68-45(3)24-67-23/h45-64H,1,24-43H2,2-23H3. The van der Waals surface area contributed by atoms with E-state index in [1.807, 2.05) is 132 Å². The van der Waals surface area contributed by atoms with E-state index in [-0.39, 0.29) is 129 Å². The summed E-state index contributed by atoms with van der Waals surface area (Å²) in [6, 6.07) is 0. The van der Waals surface area contributed by atoms with Crippen molar-refractivity contribution >= 4 is 5.97 Å². The van der Waals surface area contributed by atoms with Crippen molar-refractivity contribution in [2.45, 2.75) is 267 Å². The molecule has 0 saturated heterocycles. The number of methoxy groups -OCH3 is 1. The van der Waals surface area contributed by atoms with Crippen LogP contribution in [-0.2, 0) is 104 Å². The zero-order valence-corrected chi connectivity index (χ0v) is 58.4. The van der Waals surface area contributed by atoms with Crippen molar-refractivity contribution in [2.75, 3.05) is 139 Å². The van der Waals surface area contributed by atoms with Gasteiger partial charge in [0.05, 0.1) is 248 Å². The van der Waals surface area contributed by atoms with Crippen molar-refractivity contribution in [1.82, 2.24) is 0 Å². The number of carbonyl (C=O) groups is 1. The molecule has 22 nitrogen and oxygen atoms in total. The molecule has 0 spiro atoms. The molecule has 0 aliphatic rings. The fraction of sp³-hybridized carbons (Fsp3) is 0.954. The van der Waals surface area contributed by atoms with Crippen molar-refractivity contribution in [2.24, 2.45) is 0 Å². The third kappa shape index (κ3) is 52.6. The summed E-state index contributed by atoms with van der Waals surface area (Å²) in [6.45, 7) is 53.2. The van der Waals surface area contributed by atoms with Crippen molar-refractivity contribution in [3.63, 3.8) is 0 Å². The Bertz CT molecular complexity index is 1600. The smallest absolute Gasteiger partial charge is 0.333 e.